The fourth-order valence-electron chi connectivity index (χ4n) is 2.80. The number of benzene rings is 1. The maximum Gasteiger partial charge on any atom is 0.223 e. The zero-order chi connectivity index (χ0) is 16.2. The minimum atomic E-state index is -0.304. The van der Waals surface area contributed by atoms with E-state index in [0.29, 0.717) is 5.75 Å². The van der Waals surface area contributed by atoms with Crippen molar-refractivity contribution in [3.8, 4) is 5.75 Å². The molecule has 3 rings (SSSR count). The number of nitrogens with zero attached hydrogens (tertiary/aromatic N) is 2. The number of rotatable bonds is 5. The van der Waals surface area contributed by atoms with Crippen molar-refractivity contribution < 1.29 is 13.9 Å². The van der Waals surface area contributed by atoms with Gasteiger partial charge < -0.3 is 14.6 Å². The first-order valence-electron chi connectivity index (χ1n) is 7.80. The Labute approximate surface area is 134 Å². The molecule has 1 aliphatic rings. The molecule has 1 aliphatic heterocycles. The van der Waals surface area contributed by atoms with Gasteiger partial charge in [-0.3, -0.25) is 4.79 Å². The Morgan fingerprint density at radius 1 is 1.43 bits per heavy atom. The summed E-state index contributed by atoms with van der Waals surface area (Å²) in [6.45, 7) is 3.02. The van der Waals surface area contributed by atoms with Crippen molar-refractivity contribution in [2.24, 2.45) is 0 Å². The van der Waals surface area contributed by atoms with Crippen molar-refractivity contribution in [2.45, 2.75) is 38.8 Å². The molecular weight excluding hydrogens is 297 g/mol. The Hall–Kier alpha value is -2.37. The van der Waals surface area contributed by atoms with Crippen molar-refractivity contribution in [3.63, 3.8) is 0 Å². The van der Waals surface area contributed by atoms with Crippen molar-refractivity contribution in [3.05, 3.63) is 47.8 Å². The Morgan fingerprint density at radius 3 is 3.00 bits per heavy atom. The SMILES string of the molecule is Cc1cn2c(n1)CCC(NC(=O)CCOc1ccc(F)cc1)C2. The van der Waals surface area contributed by atoms with Gasteiger partial charge in [0.05, 0.1) is 18.7 Å². The Morgan fingerprint density at radius 2 is 2.22 bits per heavy atom. The van der Waals surface area contributed by atoms with Crippen molar-refractivity contribution in [1.29, 1.82) is 0 Å². The van der Waals surface area contributed by atoms with E-state index < -0.39 is 0 Å². The molecule has 0 spiro atoms. The lowest BCUT2D eigenvalue weighted by molar-refractivity contribution is -0.122. The number of carbonyl (C=O) groups excluding carboxylic acids is 1. The zero-order valence-corrected chi connectivity index (χ0v) is 13.1. The lowest BCUT2D eigenvalue weighted by atomic mass is 10.1. The van der Waals surface area contributed by atoms with Gasteiger partial charge in [0.15, 0.2) is 0 Å². The minimum Gasteiger partial charge on any atom is -0.493 e. The third kappa shape index (κ3) is 4.09. The molecule has 1 amide bonds. The van der Waals surface area contributed by atoms with Crippen LogP contribution in [0.2, 0.25) is 0 Å². The molecule has 0 fully saturated rings. The number of amides is 1. The van der Waals surface area contributed by atoms with E-state index in [-0.39, 0.29) is 30.8 Å². The second-order valence-corrected chi connectivity index (χ2v) is 5.81. The molecule has 0 bridgehead atoms. The van der Waals surface area contributed by atoms with Gasteiger partial charge in [0.25, 0.3) is 0 Å². The molecule has 0 aliphatic carbocycles. The second-order valence-electron chi connectivity index (χ2n) is 5.81. The maximum atomic E-state index is 12.8. The molecule has 23 heavy (non-hydrogen) atoms. The normalized spacial score (nSPS) is 16.7. The van der Waals surface area contributed by atoms with E-state index in [0.717, 1.165) is 30.9 Å². The van der Waals surface area contributed by atoms with Gasteiger partial charge in [-0.1, -0.05) is 0 Å². The van der Waals surface area contributed by atoms with Crippen LogP contribution in [0, 0.1) is 12.7 Å². The number of imidazole rings is 1. The van der Waals surface area contributed by atoms with Crippen LogP contribution in [0.4, 0.5) is 4.39 Å². The van der Waals surface area contributed by atoms with Crippen molar-refractivity contribution in [1.82, 2.24) is 14.9 Å². The summed E-state index contributed by atoms with van der Waals surface area (Å²) in [6, 6.07) is 5.91. The van der Waals surface area contributed by atoms with Gasteiger partial charge in [-0.2, -0.15) is 0 Å². The summed E-state index contributed by atoms with van der Waals surface area (Å²) in [4.78, 5) is 16.5. The van der Waals surface area contributed by atoms with Gasteiger partial charge in [0.1, 0.15) is 17.4 Å². The van der Waals surface area contributed by atoms with E-state index in [4.69, 9.17) is 4.74 Å². The molecule has 122 valence electrons. The first kappa shape index (κ1) is 15.5. The fourth-order valence-corrected chi connectivity index (χ4v) is 2.80. The number of halogens is 1. The summed E-state index contributed by atoms with van der Waals surface area (Å²) in [5.41, 5.74) is 1.01. The average Bonchev–Trinajstić information content (AvgIpc) is 2.88. The highest BCUT2D eigenvalue weighted by Crippen LogP contribution is 2.15. The predicted octanol–water partition coefficient (Wildman–Crippen LogP) is 2.23. The standard InChI is InChI=1S/C17H20FN3O2/c1-12-10-21-11-14(4-7-16(21)19-12)20-17(22)8-9-23-15-5-2-13(18)3-6-15/h2-3,5-6,10,14H,4,7-9,11H2,1H3,(H,20,22). The lowest BCUT2D eigenvalue weighted by Gasteiger charge is -2.24. The Balaban J connectivity index is 1.42. The highest BCUT2D eigenvalue weighted by atomic mass is 19.1. The molecule has 5 nitrogen and oxygen atoms in total. The van der Waals surface area contributed by atoms with Crippen LogP contribution in [0.5, 0.6) is 5.75 Å². The van der Waals surface area contributed by atoms with E-state index in [1.54, 1.807) is 12.1 Å². The molecule has 2 aromatic rings. The first-order chi connectivity index (χ1) is 11.1. The van der Waals surface area contributed by atoms with Crippen LogP contribution < -0.4 is 10.1 Å². The number of nitrogens with one attached hydrogen (secondary N) is 1. The molecule has 1 aromatic heterocycles. The summed E-state index contributed by atoms with van der Waals surface area (Å²) >= 11 is 0. The van der Waals surface area contributed by atoms with Crippen molar-refractivity contribution in [2.75, 3.05) is 6.61 Å². The highest BCUT2D eigenvalue weighted by molar-refractivity contribution is 5.76. The number of hydrogen-bond acceptors (Lipinski definition) is 3. The topological polar surface area (TPSA) is 56.2 Å². The Bertz CT molecular complexity index is 682. The van der Waals surface area contributed by atoms with E-state index in [1.807, 2.05) is 13.1 Å². The predicted molar refractivity (Wildman–Crippen MR) is 83.7 cm³/mol. The summed E-state index contributed by atoms with van der Waals surface area (Å²) < 4.78 is 20.3. The van der Waals surface area contributed by atoms with Gasteiger partial charge in [-0.05, 0) is 37.6 Å². The summed E-state index contributed by atoms with van der Waals surface area (Å²) in [7, 11) is 0. The van der Waals surface area contributed by atoms with Gasteiger partial charge in [0.2, 0.25) is 5.91 Å². The van der Waals surface area contributed by atoms with Crippen LogP contribution in [-0.4, -0.2) is 28.1 Å². The molecule has 0 radical (unpaired) electrons. The number of aromatic nitrogens is 2. The van der Waals surface area contributed by atoms with E-state index in [1.165, 1.54) is 12.1 Å². The largest absolute Gasteiger partial charge is 0.493 e. The number of ether oxygens (including phenoxy) is 1. The zero-order valence-electron chi connectivity index (χ0n) is 13.1. The second kappa shape index (κ2) is 6.81. The lowest BCUT2D eigenvalue weighted by Crippen LogP contribution is -2.41. The molecule has 2 heterocycles. The first-order valence-corrected chi connectivity index (χ1v) is 7.80. The molecule has 0 saturated heterocycles. The quantitative estimate of drug-likeness (QED) is 0.920. The third-order valence-corrected chi connectivity index (χ3v) is 3.89. The van der Waals surface area contributed by atoms with E-state index in [2.05, 4.69) is 14.9 Å². The number of fused-ring (bicyclic) bond motifs is 1. The molecule has 0 saturated carbocycles. The van der Waals surface area contributed by atoms with Crippen LogP contribution in [0.25, 0.3) is 0 Å². The molecule has 1 N–H and O–H groups in total. The van der Waals surface area contributed by atoms with Crippen molar-refractivity contribution >= 4 is 5.91 Å². The van der Waals surface area contributed by atoms with Crippen LogP contribution in [-0.2, 0) is 17.8 Å². The Kier molecular flexibility index (Phi) is 4.60. The smallest absolute Gasteiger partial charge is 0.223 e. The fraction of sp³-hybridized carbons (Fsp3) is 0.412. The molecule has 1 aromatic carbocycles. The van der Waals surface area contributed by atoms with Crippen LogP contribution >= 0.6 is 0 Å². The number of hydrogen-bond donors (Lipinski definition) is 1. The molecule has 6 heteroatoms. The van der Waals surface area contributed by atoms with Gasteiger partial charge in [0, 0.05) is 25.2 Å². The van der Waals surface area contributed by atoms with Gasteiger partial charge >= 0.3 is 0 Å². The van der Waals surface area contributed by atoms with Gasteiger partial charge in [-0.25, -0.2) is 9.37 Å². The number of carbonyl (C=O) groups is 1. The highest BCUT2D eigenvalue weighted by Gasteiger charge is 2.20. The van der Waals surface area contributed by atoms with Crippen LogP contribution in [0.1, 0.15) is 24.4 Å². The van der Waals surface area contributed by atoms with Gasteiger partial charge in [-0.15, -0.1) is 0 Å². The monoisotopic (exact) mass is 317 g/mol. The molecule has 1 atom stereocenters. The summed E-state index contributed by atoms with van der Waals surface area (Å²) in [6.07, 6.45) is 4.08. The van der Waals surface area contributed by atoms with E-state index in [9.17, 15) is 9.18 Å². The minimum absolute atomic E-state index is 0.0302. The maximum absolute atomic E-state index is 12.8. The third-order valence-electron chi connectivity index (χ3n) is 3.89. The van der Waals surface area contributed by atoms with Crippen LogP contribution in [0.15, 0.2) is 30.5 Å². The van der Waals surface area contributed by atoms with E-state index >= 15 is 0 Å². The average molecular weight is 317 g/mol. The summed E-state index contributed by atoms with van der Waals surface area (Å²) in [5.74, 6) is 1.32. The number of aryl methyl sites for hydroxylation is 2. The molecular formula is C17H20FN3O2. The molecule has 1 unspecified atom stereocenters. The summed E-state index contributed by atoms with van der Waals surface area (Å²) in [5, 5.41) is 3.04. The van der Waals surface area contributed by atoms with Crippen LogP contribution in [0.3, 0.4) is 0 Å².